The summed E-state index contributed by atoms with van der Waals surface area (Å²) in [5.41, 5.74) is 6.28. The molecule has 1 aromatic rings. The van der Waals surface area contributed by atoms with Crippen LogP contribution in [0.3, 0.4) is 0 Å². The van der Waals surface area contributed by atoms with Crippen LogP contribution in [0.5, 0.6) is 0 Å². The van der Waals surface area contributed by atoms with Gasteiger partial charge in [0, 0.05) is 19.1 Å². The summed E-state index contributed by atoms with van der Waals surface area (Å²) in [4.78, 5) is 6.44. The Morgan fingerprint density at radius 3 is 2.71 bits per heavy atom. The first-order chi connectivity index (χ1) is 6.72. The Kier molecular flexibility index (Phi) is 3.95. The molecule has 0 fully saturated rings. The summed E-state index contributed by atoms with van der Waals surface area (Å²) in [5.74, 6) is 0. The van der Waals surface area contributed by atoms with Crippen LogP contribution in [0.1, 0.15) is 32.9 Å². The van der Waals surface area contributed by atoms with Crippen molar-refractivity contribution in [1.82, 2.24) is 4.98 Å². The summed E-state index contributed by atoms with van der Waals surface area (Å²) in [5, 5.41) is 0. The fourth-order valence-corrected chi connectivity index (χ4v) is 1.38. The number of oxazole rings is 1. The van der Waals surface area contributed by atoms with Crippen LogP contribution in [0.4, 0.5) is 6.01 Å². The highest BCUT2D eigenvalue weighted by atomic mass is 16.4. The number of rotatable bonds is 5. The zero-order chi connectivity index (χ0) is 10.6. The summed E-state index contributed by atoms with van der Waals surface area (Å²) in [7, 11) is 0. The van der Waals surface area contributed by atoms with Gasteiger partial charge in [0.25, 0.3) is 6.01 Å². The van der Waals surface area contributed by atoms with Gasteiger partial charge in [-0.15, -0.1) is 0 Å². The van der Waals surface area contributed by atoms with Gasteiger partial charge in [-0.2, -0.15) is 4.98 Å². The van der Waals surface area contributed by atoms with Crippen LogP contribution in [0.15, 0.2) is 10.7 Å². The summed E-state index contributed by atoms with van der Waals surface area (Å²) in [6.45, 7) is 7.75. The van der Waals surface area contributed by atoms with E-state index in [4.69, 9.17) is 10.2 Å². The lowest BCUT2D eigenvalue weighted by molar-refractivity contribution is 0.501. The Morgan fingerprint density at radius 2 is 2.29 bits per heavy atom. The average Bonchev–Trinajstić information content (AvgIpc) is 2.67. The Morgan fingerprint density at radius 1 is 1.57 bits per heavy atom. The lowest BCUT2D eigenvalue weighted by Gasteiger charge is -2.24. The molecule has 0 saturated heterocycles. The van der Waals surface area contributed by atoms with Crippen LogP contribution in [0, 0.1) is 0 Å². The predicted molar refractivity (Wildman–Crippen MR) is 57.2 cm³/mol. The maximum absolute atomic E-state index is 5.47. The van der Waals surface area contributed by atoms with Gasteiger partial charge in [-0.05, 0) is 20.3 Å². The van der Waals surface area contributed by atoms with E-state index in [2.05, 4.69) is 30.7 Å². The van der Waals surface area contributed by atoms with Crippen LogP contribution in [0.25, 0.3) is 0 Å². The van der Waals surface area contributed by atoms with E-state index in [-0.39, 0.29) is 0 Å². The van der Waals surface area contributed by atoms with Crippen molar-refractivity contribution in [3.05, 3.63) is 12.0 Å². The van der Waals surface area contributed by atoms with Crippen LogP contribution >= 0.6 is 0 Å². The van der Waals surface area contributed by atoms with E-state index in [1.165, 1.54) is 0 Å². The second kappa shape index (κ2) is 5.00. The minimum Gasteiger partial charge on any atom is -0.432 e. The molecule has 14 heavy (non-hydrogen) atoms. The van der Waals surface area contributed by atoms with Crippen LogP contribution in [-0.2, 0) is 6.54 Å². The third-order valence-corrected chi connectivity index (χ3v) is 2.46. The first-order valence-corrected chi connectivity index (χ1v) is 5.14. The molecule has 1 rings (SSSR count). The summed E-state index contributed by atoms with van der Waals surface area (Å²) >= 11 is 0. The van der Waals surface area contributed by atoms with E-state index in [9.17, 15) is 0 Å². The molecule has 0 aliphatic heterocycles. The lowest BCUT2D eigenvalue weighted by Crippen LogP contribution is -2.32. The number of nitrogens with zero attached hydrogens (tertiary/aromatic N) is 2. The molecule has 1 aromatic heterocycles. The largest absolute Gasteiger partial charge is 0.432 e. The van der Waals surface area contributed by atoms with Crippen molar-refractivity contribution in [2.24, 2.45) is 5.73 Å². The molecule has 0 saturated carbocycles. The highest BCUT2D eigenvalue weighted by Crippen LogP contribution is 2.17. The Bertz CT molecular complexity index is 272. The molecule has 1 unspecified atom stereocenters. The molecule has 0 aliphatic rings. The lowest BCUT2D eigenvalue weighted by atomic mass is 10.2. The van der Waals surface area contributed by atoms with Crippen molar-refractivity contribution in [2.45, 2.75) is 39.8 Å². The van der Waals surface area contributed by atoms with Crippen LogP contribution in [-0.4, -0.2) is 17.6 Å². The molecule has 0 radical (unpaired) electrons. The minimum absolute atomic E-state index is 0.432. The number of hydrogen-bond donors (Lipinski definition) is 1. The van der Waals surface area contributed by atoms with Gasteiger partial charge in [0.15, 0.2) is 0 Å². The molecular formula is C10H19N3O. The van der Waals surface area contributed by atoms with Crippen molar-refractivity contribution in [2.75, 3.05) is 11.4 Å². The van der Waals surface area contributed by atoms with Gasteiger partial charge in [-0.1, -0.05) is 6.92 Å². The molecule has 0 aliphatic carbocycles. The normalized spacial score (nSPS) is 12.9. The van der Waals surface area contributed by atoms with Gasteiger partial charge in [-0.25, -0.2) is 0 Å². The zero-order valence-electron chi connectivity index (χ0n) is 9.16. The first kappa shape index (κ1) is 11.0. The van der Waals surface area contributed by atoms with E-state index >= 15 is 0 Å². The quantitative estimate of drug-likeness (QED) is 0.781. The van der Waals surface area contributed by atoms with Crippen molar-refractivity contribution in [1.29, 1.82) is 0 Å². The van der Waals surface area contributed by atoms with E-state index in [0.717, 1.165) is 18.7 Å². The fraction of sp³-hybridized carbons (Fsp3) is 0.700. The third-order valence-electron chi connectivity index (χ3n) is 2.46. The summed E-state index contributed by atoms with van der Waals surface area (Å²) in [6.07, 6.45) is 2.70. The van der Waals surface area contributed by atoms with Gasteiger partial charge in [0.2, 0.25) is 0 Å². The standard InChI is InChI=1S/C10H19N3O/c1-4-8(3)13(5-2)10-12-9(6-11)7-14-10/h7-8H,4-6,11H2,1-3H3. The summed E-state index contributed by atoms with van der Waals surface area (Å²) < 4.78 is 5.37. The van der Waals surface area contributed by atoms with Gasteiger partial charge in [-0.3, -0.25) is 0 Å². The van der Waals surface area contributed by atoms with Gasteiger partial charge in [0.1, 0.15) is 6.26 Å². The van der Waals surface area contributed by atoms with E-state index in [1.54, 1.807) is 6.26 Å². The van der Waals surface area contributed by atoms with Gasteiger partial charge >= 0.3 is 0 Å². The monoisotopic (exact) mass is 197 g/mol. The van der Waals surface area contributed by atoms with Crippen molar-refractivity contribution < 1.29 is 4.42 Å². The average molecular weight is 197 g/mol. The maximum Gasteiger partial charge on any atom is 0.297 e. The smallest absolute Gasteiger partial charge is 0.297 e. The topological polar surface area (TPSA) is 55.3 Å². The SMILES string of the molecule is CCC(C)N(CC)c1nc(CN)co1. The Labute approximate surface area is 85.1 Å². The van der Waals surface area contributed by atoms with Crippen LogP contribution < -0.4 is 10.6 Å². The highest BCUT2D eigenvalue weighted by Gasteiger charge is 2.15. The Balaban J connectivity index is 2.78. The second-order valence-corrected chi connectivity index (χ2v) is 3.37. The molecule has 0 bridgehead atoms. The molecule has 2 N–H and O–H groups in total. The molecule has 80 valence electrons. The fourth-order valence-electron chi connectivity index (χ4n) is 1.38. The molecule has 0 aromatic carbocycles. The molecular weight excluding hydrogens is 178 g/mol. The molecule has 1 heterocycles. The number of nitrogens with two attached hydrogens (primary N) is 1. The first-order valence-electron chi connectivity index (χ1n) is 5.14. The molecule has 0 spiro atoms. The van der Waals surface area contributed by atoms with Gasteiger partial charge in [0.05, 0.1) is 5.69 Å². The molecule has 1 atom stereocenters. The third kappa shape index (κ3) is 2.26. The highest BCUT2D eigenvalue weighted by molar-refractivity contribution is 5.28. The number of anilines is 1. The van der Waals surface area contributed by atoms with Crippen LogP contribution in [0.2, 0.25) is 0 Å². The Hall–Kier alpha value is -1.03. The minimum atomic E-state index is 0.432. The van der Waals surface area contributed by atoms with E-state index < -0.39 is 0 Å². The van der Waals surface area contributed by atoms with Crippen molar-refractivity contribution >= 4 is 6.01 Å². The van der Waals surface area contributed by atoms with E-state index in [0.29, 0.717) is 18.6 Å². The molecule has 0 amide bonds. The predicted octanol–water partition coefficient (Wildman–Crippen LogP) is 1.76. The summed E-state index contributed by atoms with van der Waals surface area (Å²) in [6, 6.07) is 1.13. The maximum atomic E-state index is 5.47. The number of hydrogen-bond acceptors (Lipinski definition) is 4. The zero-order valence-corrected chi connectivity index (χ0v) is 9.16. The van der Waals surface area contributed by atoms with Gasteiger partial charge < -0.3 is 15.1 Å². The van der Waals surface area contributed by atoms with E-state index in [1.807, 2.05) is 0 Å². The number of aromatic nitrogens is 1. The van der Waals surface area contributed by atoms with Crippen molar-refractivity contribution in [3.63, 3.8) is 0 Å². The van der Waals surface area contributed by atoms with Crippen molar-refractivity contribution in [3.8, 4) is 0 Å². The molecule has 4 nitrogen and oxygen atoms in total. The second-order valence-electron chi connectivity index (χ2n) is 3.37. The molecule has 4 heteroatoms.